The predicted molar refractivity (Wildman–Crippen MR) is 106 cm³/mol. The molecule has 1 N–H and O–H groups in total. The van der Waals surface area contributed by atoms with Crippen LogP contribution in [0.2, 0.25) is 0 Å². The van der Waals surface area contributed by atoms with E-state index in [0.29, 0.717) is 17.4 Å². The topological polar surface area (TPSA) is 84.7 Å². The number of hydrogen-bond donors (Lipinski definition) is 1. The van der Waals surface area contributed by atoms with Crippen LogP contribution in [0.4, 0.5) is 5.69 Å². The molecule has 28 heavy (non-hydrogen) atoms. The summed E-state index contributed by atoms with van der Waals surface area (Å²) in [6.07, 6.45) is 0. The van der Waals surface area contributed by atoms with Gasteiger partial charge in [-0.3, -0.25) is 19.8 Å². The van der Waals surface area contributed by atoms with Gasteiger partial charge in [0.05, 0.1) is 19.1 Å². The zero-order valence-corrected chi connectivity index (χ0v) is 16.0. The molecular weight excluding hydrogens is 378 g/mol. The molecule has 144 valence electrons. The van der Waals surface area contributed by atoms with Gasteiger partial charge in [-0.05, 0) is 23.8 Å². The Morgan fingerprint density at radius 1 is 1.25 bits per heavy atom. The average Bonchev–Trinajstić information content (AvgIpc) is 3.35. The van der Waals surface area contributed by atoms with Crippen molar-refractivity contribution in [2.24, 2.45) is 0 Å². The van der Waals surface area contributed by atoms with Crippen LogP contribution in [0.1, 0.15) is 17.0 Å². The van der Waals surface area contributed by atoms with Crippen molar-refractivity contribution >= 4 is 23.4 Å². The van der Waals surface area contributed by atoms with Crippen LogP contribution in [-0.2, 0) is 10.3 Å². The summed E-state index contributed by atoms with van der Waals surface area (Å²) in [6.45, 7) is 0. The predicted octanol–water partition coefficient (Wildman–Crippen LogP) is 2.66. The highest BCUT2D eigenvalue weighted by Crippen LogP contribution is 2.59. The van der Waals surface area contributed by atoms with E-state index in [0.717, 1.165) is 16.8 Å². The number of thioether (sulfide) groups is 1. The minimum Gasteiger partial charge on any atom is -0.497 e. The van der Waals surface area contributed by atoms with Crippen molar-refractivity contribution in [1.29, 1.82) is 0 Å². The van der Waals surface area contributed by atoms with Gasteiger partial charge in [0.15, 0.2) is 0 Å². The summed E-state index contributed by atoms with van der Waals surface area (Å²) in [7, 11) is 1.58. The first kappa shape index (κ1) is 17.5. The Balaban J connectivity index is 1.77. The Morgan fingerprint density at radius 2 is 2.00 bits per heavy atom. The molecule has 8 heteroatoms. The first-order valence-electron chi connectivity index (χ1n) is 9.12. The molecule has 7 nitrogen and oxygen atoms in total. The molecule has 1 amide bonds. The van der Waals surface area contributed by atoms with Crippen molar-refractivity contribution in [3.8, 4) is 5.75 Å². The third-order valence-electron chi connectivity index (χ3n) is 6.21. The van der Waals surface area contributed by atoms with Gasteiger partial charge in [0.1, 0.15) is 11.3 Å². The van der Waals surface area contributed by atoms with E-state index in [1.54, 1.807) is 31.0 Å². The zero-order valence-electron chi connectivity index (χ0n) is 15.2. The van der Waals surface area contributed by atoms with Gasteiger partial charge in [0.2, 0.25) is 6.04 Å². The number of methoxy groups -OCH3 is 1. The highest BCUT2D eigenvalue weighted by atomic mass is 32.2. The Kier molecular flexibility index (Phi) is 3.89. The molecule has 0 radical (unpaired) electrons. The number of benzene rings is 2. The van der Waals surface area contributed by atoms with Gasteiger partial charge in [-0.15, -0.1) is 11.8 Å². The van der Waals surface area contributed by atoms with Crippen LogP contribution in [0.3, 0.4) is 0 Å². The molecule has 0 saturated carbocycles. The second-order valence-electron chi connectivity index (χ2n) is 7.33. The molecular formula is C20H19N3O4S. The Hall–Kier alpha value is -2.58. The molecule has 0 aliphatic carbocycles. The highest BCUT2D eigenvalue weighted by Gasteiger charge is 2.71. The largest absolute Gasteiger partial charge is 0.497 e. The summed E-state index contributed by atoms with van der Waals surface area (Å²) in [4.78, 5) is 27.6. The summed E-state index contributed by atoms with van der Waals surface area (Å²) < 4.78 is 5.25. The fourth-order valence-corrected chi connectivity index (χ4v) is 6.44. The van der Waals surface area contributed by atoms with Gasteiger partial charge >= 0.3 is 0 Å². The van der Waals surface area contributed by atoms with E-state index in [9.17, 15) is 14.9 Å². The number of ether oxygens (including phenoxy) is 1. The van der Waals surface area contributed by atoms with E-state index in [1.165, 1.54) is 0 Å². The van der Waals surface area contributed by atoms with Crippen molar-refractivity contribution in [1.82, 2.24) is 4.90 Å². The van der Waals surface area contributed by atoms with Gasteiger partial charge in [-0.1, -0.05) is 30.3 Å². The first-order chi connectivity index (χ1) is 13.6. The summed E-state index contributed by atoms with van der Waals surface area (Å²) in [5.41, 5.74) is 1.29. The molecule has 5 rings (SSSR count). The van der Waals surface area contributed by atoms with Crippen LogP contribution < -0.4 is 10.1 Å². The van der Waals surface area contributed by atoms with Crippen LogP contribution in [0.25, 0.3) is 0 Å². The lowest BCUT2D eigenvalue weighted by atomic mass is 9.74. The van der Waals surface area contributed by atoms with E-state index in [4.69, 9.17) is 4.74 Å². The zero-order chi connectivity index (χ0) is 19.5. The number of anilines is 1. The fourth-order valence-electron chi connectivity index (χ4n) is 5.12. The number of para-hydroxylation sites is 1. The number of nitrogens with zero attached hydrogens (tertiary/aromatic N) is 2. The molecule has 3 aliphatic rings. The van der Waals surface area contributed by atoms with E-state index >= 15 is 0 Å². The molecule has 2 saturated heterocycles. The lowest BCUT2D eigenvalue weighted by molar-refractivity contribution is -0.527. The van der Waals surface area contributed by atoms with Crippen LogP contribution in [-0.4, -0.2) is 46.6 Å². The number of fused-ring (bicyclic) bond motifs is 4. The number of rotatable bonds is 3. The van der Waals surface area contributed by atoms with Crippen molar-refractivity contribution < 1.29 is 14.5 Å². The number of nitrogens with one attached hydrogen (secondary N) is 1. The van der Waals surface area contributed by atoms with E-state index in [1.807, 2.05) is 36.4 Å². The minimum atomic E-state index is -1.07. The third kappa shape index (κ3) is 2.13. The third-order valence-corrected chi connectivity index (χ3v) is 7.25. The van der Waals surface area contributed by atoms with Gasteiger partial charge in [0, 0.05) is 27.8 Å². The monoisotopic (exact) mass is 397 g/mol. The standard InChI is InChI=1S/C20H19N3O4S/c1-27-13-8-6-12(7-9-13)17-18(23(25)26)16-10-28-11-22(16)20(17)14-4-2-3-5-15(14)21-19(20)24/h2-9,16-18H,10-11H2,1H3,(H,21,24)/t16?,17?,18?,20-/m1/s1. The van der Waals surface area contributed by atoms with Gasteiger partial charge in [0.25, 0.3) is 5.91 Å². The molecule has 4 atom stereocenters. The number of amides is 1. The molecule has 3 aliphatic heterocycles. The van der Waals surface area contributed by atoms with Crippen molar-refractivity contribution in [2.75, 3.05) is 24.1 Å². The molecule has 0 aromatic heterocycles. The lowest BCUT2D eigenvalue weighted by Gasteiger charge is -2.35. The number of carbonyl (C=O) groups is 1. The van der Waals surface area contributed by atoms with Crippen LogP contribution in [0, 0.1) is 10.1 Å². The summed E-state index contributed by atoms with van der Waals surface area (Å²) in [6, 6.07) is 13.7. The number of hydrogen-bond acceptors (Lipinski definition) is 6. The second kappa shape index (κ2) is 6.22. The summed E-state index contributed by atoms with van der Waals surface area (Å²) in [5.74, 6) is 1.17. The minimum absolute atomic E-state index is 0.175. The smallest absolute Gasteiger partial charge is 0.250 e. The number of carbonyl (C=O) groups excluding carboxylic acids is 1. The van der Waals surface area contributed by atoms with Crippen LogP contribution in [0.5, 0.6) is 5.75 Å². The van der Waals surface area contributed by atoms with Crippen LogP contribution in [0.15, 0.2) is 48.5 Å². The van der Waals surface area contributed by atoms with Crippen LogP contribution >= 0.6 is 11.8 Å². The van der Waals surface area contributed by atoms with E-state index in [-0.39, 0.29) is 16.9 Å². The van der Waals surface area contributed by atoms with E-state index in [2.05, 4.69) is 10.2 Å². The molecule has 2 aromatic carbocycles. The van der Waals surface area contributed by atoms with Gasteiger partial charge < -0.3 is 10.1 Å². The summed E-state index contributed by atoms with van der Waals surface area (Å²) in [5, 5.41) is 15.2. The second-order valence-corrected chi connectivity index (χ2v) is 8.33. The Labute approximate surface area is 166 Å². The Morgan fingerprint density at radius 3 is 2.71 bits per heavy atom. The maximum Gasteiger partial charge on any atom is 0.250 e. The SMILES string of the molecule is COc1ccc(C2C([N+](=O)[O-])C3CSCN3[C@@]23C(=O)Nc2ccccc23)cc1. The molecule has 3 unspecified atom stereocenters. The summed E-state index contributed by atoms with van der Waals surface area (Å²) >= 11 is 1.65. The Bertz CT molecular complexity index is 966. The van der Waals surface area contributed by atoms with Crippen molar-refractivity contribution in [3.63, 3.8) is 0 Å². The maximum atomic E-state index is 13.5. The fraction of sp³-hybridized carbons (Fsp3) is 0.350. The van der Waals surface area contributed by atoms with Crippen molar-refractivity contribution in [3.05, 3.63) is 69.8 Å². The number of nitro groups is 1. The molecule has 2 fully saturated rings. The van der Waals surface area contributed by atoms with Gasteiger partial charge in [-0.25, -0.2) is 0 Å². The quantitative estimate of drug-likeness (QED) is 0.633. The lowest BCUT2D eigenvalue weighted by Crippen LogP contribution is -2.50. The molecule has 1 spiro atoms. The first-order valence-corrected chi connectivity index (χ1v) is 10.3. The molecule has 3 heterocycles. The maximum absolute atomic E-state index is 13.5. The molecule has 0 bridgehead atoms. The molecule has 2 aromatic rings. The van der Waals surface area contributed by atoms with Crippen molar-refractivity contribution in [2.45, 2.75) is 23.5 Å². The average molecular weight is 397 g/mol. The normalized spacial score (nSPS) is 30.9. The highest BCUT2D eigenvalue weighted by molar-refractivity contribution is 7.99. The van der Waals surface area contributed by atoms with Gasteiger partial charge in [-0.2, -0.15) is 0 Å². The van der Waals surface area contributed by atoms with E-state index < -0.39 is 17.5 Å².